The van der Waals surface area contributed by atoms with Gasteiger partial charge >= 0.3 is 0 Å². The van der Waals surface area contributed by atoms with Gasteiger partial charge in [0.2, 0.25) is 0 Å². The van der Waals surface area contributed by atoms with Crippen LogP contribution in [0.1, 0.15) is 11.1 Å². The highest BCUT2D eigenvalue weighted by Gasteiger charge is 2.18. The van der Waals surface area contributed by atoms with Gasteiger partial charge in [0.25, 0.3) is 0 Å². The highest BCUT2D eigenvalue weighted by atomic mass is 14.2. The van der Waals surface area contributed by atoms with Crippen LogP contribution in [0.4, 0.5) is 0 Å². The molecule has 0 bridgehead atoms. The summed E-state index contributed by atoms with van der Waals surface area (Å²) in [6.07, 6.45) is 0. The summed E-state index contributed by atoms with van der Waals surface area (Å²) < 4.78 is 0. The lowest BCUT2D eigenvalue weighted by atomic mass is 9.84. The van der Waals surface area contributed by atoms with Gasteiger partial charge in [-0.05, 0) is 131 Å². The van der Waals surface area contributed by atoms with E-state index in [1.54, 1.807) is 0 Å². The Morgan fingerprint density at radius 3 is 1.48 bits per heavy atom. The number of fused-ring (bicyclic) bond motifs is 4. The van der Waals surface area contributed by atoms with E-state index in [1.807, 2.05) is 0 Å². The van der Waals surface area contributed by atoms with Crippen LogP contribution in [-0.4, -0.2) is 0 Å². The molecule has 9 aromatic rings. The number of hydrogen-bond donors (Lipinski definition) is 0. The van der Waals surface area contributed by atoms with Gasteiger partial charge in [0.15, 0.2) is 0 Å². The van der Waals surface area contributed by atoms with Crippen LogP contribution in [0.2, 0.25) is 0 Å². The molecule has 0 spiro atoms. The molecule has 0 saturated heterocycles. The summed E-state index contributed by atoms with van der Waals surface area (Å²) in [7, 11) is 0. The van der Waals surface area contributed by atoms with Crippen molar-refractivity contribution >= 4 is 43.1 Å². The van der Waals surface area contributed by atoms with Crippen LogP contribution in [-0.2, 0) is 0 Å². The zero-order chi connectivity index (χ0) is 32.2. The van der Waals surface area contributed by atoms with Crippen molar-refractivity contribution in [2.24, 2.45) is 0 Å². The Balaban J connectivity index is 1.25. The van der Waals surface area contributed by atoms with Crippen LogP contribution in [0.15, 0.2) is 170 Å². The standard InChI is InChI=1S/C48H34/c1-31-25-26-37(30-45(31)46-29-36-15-4-3-14-34(36)27-32(46)2)35-17-11-18-38(28-35)47-41-20-7-9-22-43(41)48(44-23-10-8-21-42(44)47)40-24-12-16-33-13-5-6-19-39(33)40/h3-30H,1-2H3. The van der Waals surface area contributed by atoms with Crippen LogP contribution in [0.3, 0.4) is 0 Å². The summed E-state index contributed by atoms with van der Waals surface area (Å²) in [5.41, 5.74) is 12.7. The molecule has 226 valence electrons. The Bertz CT molecular complexity index is 2630. The van der Waals surface area contributed by atoms with E-state index in [9.17, 15) is 0 Å². The van der Waals surface area contributed by atoms with Crippen molar-refractivity contribution in [1.29, 1.82) is 0 Å². The summed E-state index contributed by atoms with van der Waals surface area (Å²) >= 11 is 0. The molecule has 0 aliphatic carbocycles. The van der Waals surface area contributed by atoms with Gasteiger partial charge in [-0.1, -0.05) is 152 Å². The quantitative estimate of drug-likeness (QED) is 0.174. The third-order valence-corrected chi connectivity index (χ3v) is 10.1. The zero-order valence-electron chi connectivity index (χ0n) is 27.2. The Morgan fingerprint density at radius 2 is 0.771 bits per heavy atom. The van der Waals surface area contributed by atoms with Crippen LogP contribution >= 0.6 is 0 Å². The molecule has 0 unspecified atom stereocenters. The molecule has 0 aliphatic rings. The van der Waals surface area contributed by atoms with E-state index < -0.39 is 0 Å². The maximum absolute atomic E-state index is 2.38. The van der Waals surface area contributed by atoms with E-state index in [0.29, 0.717) is 0 Å². The van der Waals surface area contributed by atoms with Crippen LogP contribution in [0, 0.1) is 13.8 Å². The second-order valence-electron chi connectivity index (χ2n) is 13.0. The molecule has 0 aliphatic heterocycles. The molecule has 9 aromatic carbocycles. The minimum atomic E-state index is 1.22. The first kappa shape index (κ1) is 28.3. The highest BCUT2D eigenvalue weighted by Crippen LogP contribution is 2.46. The third-order valence-electron chi connectivity index (χ3n) is 10.1. The molecule has 0 amide bonds. The summed E-state index contributed by atoms with van der Waals surface area (Å²) in [6, 6.07) is 62.7. The van der Waals surface area contributed by atoms with Crippen molar-refractivity contribution in [3.8, 4) is 44.5 Å². The van der Waals surface area contributed by atoms with Crippen molar-refractivity contribution in [1.82, 2.24) is 0 Å². The van der Waals surface area contributed by atoms with Crippen LogP contribution in [0.5, 0.6) is 0 Å². The Morgan fingerprint density at radius 1 is 0.271 bits per heavy atom. The molecule has 0 heteroatoms. The van der Waals surface area contributed by atoms with Gasteiger partial charge < -0.3 is 0 Å². The minimum absolute atomic E-state index is 1.22. The maximum atomic E-state index is 2.38. The summed E-state index contributed by atoms with van der Waals surface area (Å²) in [5, 5.41) is 10.2. The monoisotopic (exact) mass is 610 g/mol. The van der Waals surface area contributed by atoms with Gasteiger partial charge in [0.1, 0.15) is 0 Å². The normalized spacial score (nSPS) is 11.5. The zero-order valence-corrected chi connectivity index (χ0v) is 27.2. The van der Waals surface area contributed by atoms with Gasteiger partial charge in [0, 0.05) is 0 Å². The summed E-state index contributed by atoms with van der Waals surface area (Å²) in [6.45, 7) is 4.45. The molecule has 0 nitrogen and oxygen atoms in total. The number of rotatable bonds is 4. The van der Waals surface area contributed by atoms with Gasteiger partial charge in [-0.15, -0.1) is 0 Å². The molecule has 0 aromatic heterocycles. The highest BCUT2D eigenvalue weighted by molar-refractivity contribution is 6.23. The summed E-state index contributed by atoms with van der Waals surface area (Å²) in [4.78, 5) is 0. The average molecular weight is 611 g/mol. The van der Waals surface area contributed by atoms with Crippen LogP contribution in [0.25, 0.3) is 87.6 Å². The lowest BCUT2D eigenvalue weighted by molar-refractivity contribution is 1.42. The first-order chi connectivity index (χ1) is 23.6. The van der Waals surface area contributed by atoms with E-state index >= 15 is 0 Å². The molecule has 0 radical (unpaired) electrons. The lowest BCUT2D eigenvalue weighted by Crippen LogP contribution is -1.92. The smallest absolute Gasteiger partial charge is 0.00201 e. The number of aryl methyl sites for hydroxylation is 2. The number of hydrogen-bond acceptors (Lipinski definition) is 0. The van der Waals surface area contributed by atoms with Crippen molar-refractivity contribution in [2.45, 2.75) is 13.8 Å². The van der Waals surface area contributed by atoms with Gasteiger partial charge in [-0.2, -0.15) is 0 Å². The SMILES string of the molecule is Cc1ccc(-c2cccc(-c3c4ccccc4c(-c4cccc5ccccc45)c4ccccc34)c2)cc1-c1cc2ccccc2cc1C. The lowest BCUT2D eigenvalue weighted by Gasteiger charge is -2.19. The fraction of sp³-hybridized carbons (Fsp3) is 0.0417. The van der Waals surface area contributed by atoms with Crippen molar-refractivity contribution in [3.63, 3.8) is 0 Å². The van der Waals surface area contributed by atoms with E-state index in [-0.39, 0.29) is 0 Å². The predicted octanol–water partition coefficient (Wildman–Crippen LogP) is 13.6. The van der Waals surface area contributed by atoms with Gasteiger partial charge in [0.05, 0.1) is 0 Å². The second kappa shape index (κ2) is 11.4. The molecule has 0 atom stereocenters. The Kier molecular flexibility index (Phi) is 6.69. The molecule has 0 fully saturated rings. The minimum Gasteiger partial charge on any atom is -0.0616 e. The first-order valence-corrected chi connectivity index (χ1v) is 16.8. The molecule has 0 N–H and O–H groups in total. The third kappa shape index (κ3) is 4.61. The van der Waals surface area contributed by atoms with E-state index in [0.717, 1.165) is 0 Å². The van der Waals surface area contributed by atoms with Gasteiger partial charge in [-0.3, -0.25) is 0 Å². The fourth-order valence-corrected chi connectivity index (χ4v) is 7.76. The molecule has 0 heterocycles. The van der Waals surface area contributed by atoms with E-state index in [1.165, 1.54) is 98.7 Å². The Hall–Kier alpha value is -5.98. The van der Waals surface area contributed by atoms with Crippen molar-refractivity contribution in [3.05, 3.63) is 181 Å². The topological polar surface area (TPSA) is 0 Å². The van der Waals surface area contributed by atoms with Crippen molar-refractivity contribution < 1.29 is 0 Å². The number of benzene rings is 9. The molecule has 48 heavy (non-hydrogen) atoms. The Labute approximate surface area is 281 Å². The second-order valence-corrected chi connectivity index (χ2v) is 13.0. The largest absolute Gasteiger partial charge is 0.0616 e. The molecule has 9 rings (SSSR count). The predicted molar refractivity (Wildman–Crippen MR) is 208 cm³/mol. The summed E-state index contributed by atoms with van der Waals surface area (Å²) in [5.74, 6) is 0. The first-order valence-electron chi connectivity index (χ1n) is 16.8. The fourth-order valence-electron chi connectivity index (χ4n) is 7.76. The molecule has 0 saturated carbocycles. The molecular formula is C48H34. The van der Waals surface area contributed by atoms with E-state index in [4.69, 9.17) is 0 Å². The van der Waals surface area contributed by atoms with Crippen molar-refractivity contribution in [2.75, 3.05) is 0 Å². The maximum Gasteiger partial charge on any atom is -0.00201 e. The van der Waals surface area contributed by atoms with Gasteiger partial charge in [-0.25, -0.2) is 0 Å². The van der Waals surface area contributed by atoms with Crippen LogP contribution < -0.4 is 0 Å². The van der Waals surface area contributed by atoms with E-state index in [2.05, 4.69) is 184 Å². The average Bonchev–Trinajstić information content (AvgIpc) is 3.13. The molecular weight excluding hydrogens is 577 g/mol.